The van der Waals surface area contributed by atoms with Crippen LogP contribution in [-0.2, 0) is 17.0 Å². The summed E-state index contributed by atoms with van der Waals surface area (Å²) in [5, 5.41) is 0.521. The molecule has 0 aliphatic heterocycles. The predicted octanol–water partition coefficient (Wildman–Crippen LogP) is 2.03. The summed E-state index contributed by atoms with van der Waals surface area (Å²) in [6.07, 6.45) is 1.31. The van der Waals surface area contributed by atoms with Crippen molar-refractivity contribution in [3.8, 4) is 0 Å². The first-order valence-corrected chi connectivity index (χ1v) is 5.86. The summed E-state index contributed by atoms with van der Waals surface area (Å²) in [6.45, 7) is -0.241. The number of nitrogens with zero attached hydrogens (tertiary/aromatic N) is 2. The first-order chi connectivity index (χ1) is 6.80. The molecule has 0 aliphatic carbocycles. The molecule has 1 rings (SSSR count). The Kier molecular flexibility index (Phi) is 3.88. The highest BCUT2D eigenvalue weighted by Crippen LogP contribution is 2.20. The van der Waals surface area contributed by atoms with E-state index >= 15 is 0 Å². The number of hydrogen-bond acceptors (Lipinski definition) is 3. The molecule has 0 amide bonds. The van der Waals surface area contributed by atoms with Crippen LogP contribution in [0.25, 0.3) is 0 Å². The average molecular weight is 273 g/mol. The summed E-state index contributed by atoms with van der Waals surface area (Å²) < 4.78 is 33.9. The molecule has 0 atom stereocenters. The summed E-state index contributed by atoms with van der Waals surface area (Å²) >= 11 is 11.3. The van der Waals surface area contributed by atoms with Crippen molar-refractivity contribution in [2.24, 2.45) is 0 Å². The average Bonchev–Trinajstić information content (AvgIpc) is 2.08. The van der Waals surface area contributed by atoms with Gasteiger partial charge in [-0.2, -0.15) is 12.7 Å². The van der Waals surface area contributed by atoms with Crippen LogP contribution in [0.2, 0.25) is 10.0 Å². The van der Waals surface area contributed by atoms with E-state index < -0.39 is 10.4 Å². The number of halogens is 3. The Hall–Kier alpha value is -0.430. The highest BCUT2D eigenvalue weighted by atomic mass is 35.5. The Morgan fingerprint density at radius 3 is 2.60 bits per heavy atom. The molecule has 8 heteroatoms. The third-order valence-corrected chi connectivity index (χ3v) is 3.04. The molecule has 1 aromatic heterocycles. The zero-order valence-electron chi connectivity index (χ0n) is 7.61. The van der Waals surface area contributed by atoms with Gasteiger partial charge in [0.25, 0.3) is 0 Å². The van der Waals surface area contributed by atoms with Crippen LogP contribution in [-0.4, -0.2) is 24.8 Å². The van der Waals surface area contributed by atoms with Crippen LogP contribution in [0.3, 0.4) is 0 Å². The molecule has 84 valence electrons. The Labute approximate surface area is 97.0 Å². The quantitative estimate of drug-likeness (QED) is 0.792. The Balaban J connectivity index is 2.91. The van der Waals surface area contributed by atoms with Crippen molar-refractivity contribution in [2.45, 2.75) is 6.54 Å². The molecule has 15 heavy (non-hydrogen) atoms. The summed E-state index contributed by atoms with van der Waals surface area (Å²) in [5.74, 6) is 0. The van der Waals surface area contributed by atoms with Gasteiger partial charge in [0.2, 0.25) is 0 Å². The minimum Gasteiger partial charge on any atom is -0.257 e. The van der Waals surface area contributed by atoms with Gasteiger partial charge in [-0.05, 0) is 6.07 Å². The van der Waals surface area contributed by atoms with Gasteiger partial charge in [0.1, 0.15) is 0 Å². The van der Waals surface area contributed by atoms with E-state index in [0.29, 0.717) is 9.33 Å². The fourth-order valence-electron chi connectivity index (χ4n) is 0.847. The fraction of sp³-hybridized carbons (Fsp3) is 0.286. The van der Waals surface area contributed by atoms with Crippen molar-refractivity contribution >= 4 is 33.6 Å². The number of hydrogen-bond donors (Lipinski definition) is 0. The number of rotatable bonds is 3. The van der Waals surface area contributed by atoms with Crippen LogP contribution in [0.15, 0.2) is 12.3 Å². The summed E-state index contributed by atoms with van der Waals surface area (Å²) in [7, 11) is -3.64. The van der Waals surface area contributed by atoms with Gasteiger partial charge in [-0.3, -0.25) is 4.98 Å². The van der Waals surface area contributed by atoms with Crippen molar-refractivity contribution < 1.29 is 12.3 Å². The smallest absolute Gasteiger partial charge is 0.257 e. The van der Waals surface area contributed by atoms with Crippen LogP contribution < -0.4 is 0 Å². The standard InChI is InChI=1S/C7H7Cl2FN2O2S/c1-12(15(10,13)14)4-7-6(9)2-5(8)3-11-7/h2-3H,4H2,1H3. The molecule has 0 saturated heterocycles. The van der Waals surface area contributed by atoms with E-state index in [0.717, 1.165) is 7.05 Å². The van der Waals surface area contributed by atoms with E-state index in [1.807, 2.05) is 0 Å². The van der Waals surface area contributed by atoms with Gasteiger partial charge in [-0.25, -0.2) is 0 Å². The minimum atomic E-state index is -4.73. The molecule has 0 aromatic carbocycles. The molecule has 0 fully saturated rings. The minimum absolute atomic E-state index is 0.193. The van der Waals surface area contributed by atoms with Gasteiger partial charge in [0.05, 0.1) is 22.3 Å². The number of aromatic nitrogens is 1. The van der Waals surface area contributed by atoms with Gasteiger partial charge in [-0.1, -0.05) is 27.1 Å². The van der Waals surface area contributed by atoms with E-state index in [1.54, 1.807) is 0 Å². The molecule has 1 aromatic rings. The molecular weight excluding hydrogens is 266 g/mol. The maximum Gasteiger partial charge on any atom is 0.374 e. The van der Waals surface area contributed by atoms with E-state index in [9.17, 15) is 12.3 Å². The topological polar surface area (TPSA) is 50.3 Å². The van der Waals surface area contributed by atoms with E-state index in [2.05, 4.69) is 4.98 Å². The molecule has 0 unspecified atom stereocenters. The highest BCUT2D eigenvalue weighted by molar-refractivity contribution is 7.83. The van der Waals surface area contributed by atoms with E-state index in [1.165, 1.54) is 12.3 Å². The van der Waals surface area contributed by atoms with Crippen LogP contribution >= 0.6 is 23.2 Å². The number of pyridine rings is 1. The van der Waals surface area contributed by atoms with Crippen LogP contribution in [0.5, 0.6) is 0 Å². The molecule has 0 aliphatic rings. The normalized spacial score (nSPS) is 12.1. The summed E-state index contributed by atoms with van der Waals surface area (Å²) in [5.41, 5.74) is 0.241. The maximum absolute atomic E-state index is 12.5. The van der Waals surface area contributed by atoms with Crippen molar-refractivity contribution in [1.29, 1.82) is 0 Å². The molecule has 0 radical (unpaired) electrons. The highest BCUT2D eigenvalue weighted by Gasteiger charge is 2.17. The monoisotopic (exact) mass is 272 g/mol. The van der Waals surface area contributed by atoms with Gasteiger partial charge in [0, 0.05) is 13.2 Å². The van der Waals surface area contributed by atoms with Crippen LogP contribution in [0.1, 0.15) is 5.69 Å². The maximum atomic E-state index is 12.5. The second-order valence-electron chi connectivity index (χ2n) is 2.78. The first-order valence-electron chi connectivity index (χ1n) is 3.76. The van der Waals surface area contributed by atoms with Crippen molar-refractivity contribution in [1.82, 2.24) is 9.29 Å². The molecule has 0 N–H and O–H groups in total. The largest absolute Gasteiger partial charge is 0.374 e. The van der Waals surface area contributed by atoms with Gasteiger partial charge < -0.3 is 0 Å². The zero-order chi connectivity index (χ0) is 11.6. The van der Waals surface area contributed by atoms with Gasteiger partial charge >= 0.3 is 10.4 Å². The molecule has 0 saturated carbocycles. The molecule has 0 spiro atoms. The Morgan fingerprint density at radius 1 is 1.53 bits per heavy atom. The predicted molar refractivity (Wildman–Crippen MR) is 55.8 cm³/mol. The lowest BCUT2D eigenvalue weighted by atomic mass is 10.3. The second-order valence-corrected chi connectivity index (χ2v) is 5.07. The Bertz CT molecular complexity index is 466. The lowest BCUT2D eigenvalue weighted by Crippen LogP contribution is -2.23. The lowest BCUT2D eigenvalue weighted by molar-refractivity contribution is 0.426. The zero-order valence-corrected chi connectivity index (χ0v) is 9.94. The third kappa shape index (κ3) is 3.57. The fourth-order valence-corrected chi connectivity index (χ4v) is 1.56. The molecule has 4 nitrogen and oxygen atoms in total. The van der Waals surface area contributed by atoms with E-state index in [-0.39, 0.29) is 17.3 Å². The molecule has 1 heterocycles. The summed E-state index contributed by atoms with van der Waals surface area (Å²) in [4.78, 5) is 3.79. The SMILES string of the molecule is CN(Cc1ncc(Cl)cc1Cl)S(=O)(=O)F. The molecule has 0 bridgehead atoms. The Morgan fingerprint density at radius 2 is 2.13 bits per heavy atom. The molecular formula is C7H7Cl2FN2O2S. The first kappa shape index (κ1) is 12.6. The van der Waals surface area contributed by atoms with E-state index in [4.69, 9.17) is 23.2 Å². The summed E-state index contributed by atoms with van der Waals surface area (Å²) in [6, 6.07) is 1.41. The van der Waals surface area contributed by atoms with Crippen molar-refractivity contribution in [3.05, 3.63) is 28.0 Å². The van der Waals surface area contributed by atoms with Gasteiger partial charge in [0.15, 0.2) is 0 Å². The van der Waals surface area contributed by atoms with Crippen molar-refractivity contribution in [2.75, 3.05) is 7.05 Å². The van der Waals surface area contributed by atoms with Crippen LogP contribution in [0.4, 0.5) is 3.89 Å². The lowest BCUT2D eigenvalue weighted by Gasteiger charge is -2.11. The van der Waals surface area contributed by atoms with Crippen molar-refractivity contribution in [3.63, 3.8) is 0 Å². The van der Waals surface area contributed by atoms with Gasteiger partial charge in [-0.15, -0.1) is 0 Å². The van der Waals surface area contributed by atoms with Crippen LogP contribution in [0, 0.1) is 0 Å². The second kappa shape index (κ2) is 4.61. The third-order valence-electron chi connectivity index (χ3n) is 1.63.